The van der Waals surface area contributed by atoms with E-state index in [2.05, 4.69) is 10.3 Å². The van der Waals surface area contributed by atoms with E-state index in [-0.39, 0.29) is 17.8 Å². The van der Waals surface area contributed by atoms with Crippen molar-refractivity contribution >= 4 is 0 Å². The van der Waals surface area contributed by atoms with Crippen LogP contribution in [0.15, 0.2) is 12.3 Å². The minimum absolute atomic E-state index is 0.139. The predicted octanol–water partition coefficient (Wildman–Crippen LogP) is 3.04. The van der Waals surface area contributed by atoms with Gasteiger partial charge in [-0.25, -0.2) is 9.37 Å². The molecule has 1 aromatic rings. The summed E-state index contributed by atoms with van der Waals surface area (Å²) in [5.41, 5.74) is 0.617. The van der Waals surface area contributed by atoms with Gasteiger partial charge in [-0.1, -0.05) is 13.8 Å². The quantitative estimate of drug-likeness (QED) is 0.874. The Morgan fingerprint density at radius 1 is 1.44 bits per heavy atom. The lowest BCUT2D eigenvalue weighted by molar-refractivity contribution is 0.191. The van der Waals surface area contributed by atoms with Crippen LogP contribution in [0.4, 0.5) is 4.39 Å². The Bertz CT molecular complexity index is 389. The SMILES string of the molecule is CC(C)NCc1ccnc(OC2CCCC2)c1F. The van der Waals surface area contributed by atoms with Gasteiger partial charge in [0.05, 0.1) is 0 Å². The van der Waals surface area contributed by atoms with Gasteiger partial charge >= 0.3 is 0 Å². The fourth-order valence-corrected chi connectivity index (χ4v) is 2.16. The first-order valence-electron chi connectivity index (χ1n) is 6.70. The molecule has 0 atom stereocenters. The summed E-state index contributed by atoms with van der Waals surface area (Å²) in [6.45, 7) is 4.58. The first-order chi connectivity index (χ1) is 8.66. The maximum Gasteiger partial charge on any atom is 0.250 e. The van der Waals surface area contributed by atoms with Gasteiger partial charge in [0.25, 0.3) is 5.88 Å². The van der Waals surface area contributed by atoms with Gasteiger partial charge in [-0.15, -0.1) is 0 Å². The van der Waals surface area contributed by atoms with E-state index < -0.39 is 0 Å². The molecular formula is C14H21FN2O. The Morgan fingerprint density at radius 2 is 2.17 bits per heavy atom. The second-order valence-corrected chi connectivity index (χ2v) is 5.15. The van der Waals surface area contributed by atoms with Gasteiger partial charge in [0.1, 0.15) is 6.10 Å². The molecule has 0 aromatic carbocycles. The molecule has 2 rings (SSSR count). The lowest BCUT2D eigenvalue weighted by atomic mass is 10.2. The van der Waals surface area contributed by atoms with Gasteiger partial charge < -0.3 is 10.1 Å². The van der Waals surface area contributed by atoms with Crippen molar-refractivity contribution in [1.82, 2.24) is 10.3 Å². The Morgan fingerprint density at radius 3 is 2.83 bits per heavy atom. The summed E-state index contributed by atoms with van der Waals surface area (Å²) in [6, 6.07) is 2.03. The third kappa shape index (κ3) is 3.42. The van der Waals surface area contributed by atoms with Crippen LogP contribution >= 0.6 is 0 Å². The van der Waals surface area contributed by atoms with Crippen LogP contribution in [0.3, 0.4) is 0 Å². The topological polar surface area (TPSA) is 34.2 Å². The van der Waals surface area contributed by atoms with Gasteiger partial charge in [0, 0.05) is 24.3 Å². The maximum atomic E-state index is 14.1. The zero-order valence-electron chi connectivity index (χ0n) is 11.1. The highest BCUT2D eigenvalue weighted by Crippen LogP contribution is 2.25. The number of pyridine rings is 1. The van der Waals surface area contributed by atoms with Gasteiger partial charge in [0.15, 0.2) is 5.82 Å². The second kappa shape index (κ2) is 6.14. The Kier molecular flexibility index (Phi) is 4.53. The summed E-state index contributed by atoms with van der Waals surface area (Å²) in [7, 11) is 0. The van der Waals surface area contributed by atoms with Crippen LogP contribution in [-0.2, 0) is 6.54 Å². The number of nitrogens with zero attached hydrogens (tertiary/aromatic N) is 1. The van der Waals surface area contributed by atoms with E-state index in [9.17, 15) is 4.39 Å². The molecule has 1 aromatic heterocycles. The Balaban J connectivity index is 2.03. The summed E-state index contributed by atoms with van der Waals surface area (Å²) in [5.74, 6) is -0.164. The fraction of sp³-hybridized carbons (Fsp3) is 0.643. The zero-order chi connectivity index (χ0) is 13.0. The van der Waals surface area contributed by atoms with Gasteiger partial charge in [-0.2, -0.15) is 0 Å². The molecular weight excluding hydrogens is 231 g/mol. The smallest absolute Gasteiger partial charge is 0.250 e. The van der Waals surface area contributed by atoms with Crippen LogP contribution in [0.2, 0.25) is 0 Å². The summed E-state index contributed by atoms with van der Waals surface area (Å²) in [4.78, 5) is 4.00. The first kappa shape index (κ1) is 13.3. The minimum Gasteiger partial charge on any atom is -0.472 e. The lowest BCUT2D eigenvalue weighted by Crippen LogP contribution is -2.23. The Hall–Kier alpha value is -1.16. The molecule has 1 aliphatic rings. The molecule has 1 N–H and O–H groups in total. The molecule has 0 spiro atoms. The molecule has 0 unspecified atom stereocenters. The predicted molar refractivity (Wildman–Crippen MR) is 69.1 cm³/mol. The van der Waals surface area contributed by atoms with Crippen molar-refractivity contribution < 1.29 is 9.13 Å². The Labute approximate surface area is 108 Å². The molecule has 1 heterocycles. The van der Waals surface area contributed by atoms with E-state index in [0.29, 0.717) is 18.2 Å². The molecule has 1 aliphatic carbocycles. The van der Waals surface area contributed by atoms with Crippen LogP contribution < -0.4 is 10.1 Å². The van der Waals surface area contributed by atoms with E-state index in [4.69, 9.17) is 4.74 Å². The second-order valence-electron chi connectivity index (χ2n) is 5.15. The lowest BCUT2D eigenvalue weighted by Gasteiger charge is -2.14. The van der Waals surface area contributed by atoms with Crippen molar-refractivity contribution in [2.75, 3.05) is 0 Å². The van der Waals surface area contributed by atoms with Gasteiger partial charge in [0.2, 0.25) is 0 Å². The highest BCUT2D eigenvalue weighted by Gasteiger charge is 2.20. The third-order valence-corrected chi connectivity index (χ3v) is 3.22. The minimum atomic E-state index is -0.322. The van der Waals surface area contributed by atoms with E-state index in [1.54, 1.807) is 12.3 Å². The highest BCUT2D eigenvalue weighted by atomic mass is 19.1. The molecule has 0 aliphatic heterocycles. The van der Waals surface area contributed by atoms with Crippen LogP contribution in [0.25, 0.3) is 0 Å². The molecule has 18 heavy (non-hydrogen) atoms. The molecule has 3 nitrogen and oxygen atoms in total. The summed E-state index contributed by atoms with van der Waals surface area (Å²) in [5, 5.41) is 3.20. The van der Waals surface area contributed by atoms with E-state index in [0.717, 1.165) is 12.8 Å². The fourth-order valence-electron chi connectivity index (χ4n) is 2.16. The average molecular weight is 252 g/mol. The number of aromatic nitrogens is 1. The monoisotopic (exact) mass is 252 g/mol. The molecule has 4 heteroatoms. The summed E-state index contributed by atoms with van der Waals surface area (Å²) in [6.07, 6.45) is 6.11. The average Bonchev–Trinajstić information content (AvgIpc) is 2.83. The standard InChI is InChI=1S/C14H21FN2O/c1-10(2)17-9-11-7-8-16-14(13(11)15)18-12-5-3-4-6-12/h7-8,10,12,17H,3-6,9H2,1-2H3. The van der Waals surface area contributed by atoms with E-state index in [1.807, 2.05) is 13.8 Å². The van der Waals surface area contributed by atoms with Crippen molar-refractivity contribution in [3.8, 4) is 5.88 Å². The number of halogens is 1. The summed E-state index contributed by atoms with van der Waals surface area (Å²) < 4.78 is 19.8. The number of hydrogen-bond acceptors (Lipinski definition) is 3. The van der Waals surface area contributed by atoms with Crippen molar-refractivity contribution in [2.45, 2.75) is 58.2 Å². The van der Waals surface area contributed by atoms with Crippen molar-refractivity contribution in [3.63, 3.8) is 0 Å². The number of ether oxygens (including phenoxy) is 1. The van der Waals surface area contributed by atoms with Crippen LogP contribution in [-0.4, -0.2) is 17.1 Å². The molecule has 1 fully saturated rings. The van der Waals surface area contributed by atoms with Crippen LogP contribution in [0, 0.1) is 5.82 Å². The van der Waals surface area contributed by atoms with Gasteiger partial charge in [-0.3, -0.25) is 0 Å². The third-order valence-electron chi connectivity index (χ3n) is 3.22. The molecule has 0 bridgehead atoms. The number of nitrogens with one attached hydrogen (secondary N) is 1. The largest absolute Gasteiger partial charge is 0.472 e. The first-order valence-corrected chi connectivity index (χ1v) is 6.70. The normalized spacial score (nSPS) is 16.4. The number of hydrogen-bond donors (Lipinski definition) is 1. The van der Waals surface area contributed by atoms with Crippen molar-refractivity contribution in [2.24, 2.45) is 0 Å². The van der Waals surface area contributed by atoms with Gasteiger partial charge in [-0.05, 0) is 31.7 Å². The van der Waals surface area contributed by atoms with Crippen LogP contribution in [0.1, 0.15) is 45.1 Å². The maximum absolute atomic E-state index is 14.1. The van der Waals surface area contributed by atoms with E-state index >= 15 is 0 Å². The van der Waals surface area contributed by atoms with Crippen molar-refractivity contribution in [3.05, 3.63) is 23.6 Å². The molecule has 0 saturated heterocycles. The molecule has 0 amide bonds. The zero-order valence-corrected chi connectivity index (χ0v) is 11.1. The number of rotatable bonds is 5. The molecule has 0 radical (unpaired) electrons. The highest BCUT2D eigenvalue weighted by molar-refractivity contribution is 5.23. The van der Waals surface area contributed by atoms with Crippen LogP contribution in [0.5, 0.6) is 5.88 Å². The molecule has 1 saturated carbocycles. The summed E-state index contributed by atoms with van der Waals surface area (Å²) >= 11 is 0. The molecule has 100 valence electrons. The van der Waals surface area contributed by atoms with Crippen molar-refractivity contribution in [1.29, 1.82) is 0 Å². The van der Waals surface area contributed by atoms with E-state index in [1.165, 1.54) is 12.8 Å².